The van der Waals surface area contributed by atoms with Crippen molar-refractivity contribution in [1.29, 1.82) is 0 Å². The van der Waals surface area contributed by atoms with Gasteiger partial charge in [0.2, 0.25) is 0 Å². The summed E-state index contributed by atoms with van der Waals surface area (Å²) in [4.78, 5) is 24.7. The van der Waals surface area contributed by atoms with Crippen LogP contribution in [-0.2, 0) is 9.53 Å². The highest BCUT2D eigenvalue weighted by atomic mass is 16.6. The quantitative estimate of drug-likeness (QED) is 0.528. The monoisotopic (exact) mass is 396 g/mol. The van der Waals surface area contributed by atoms with E-state index in [0.717, 1.165) is 11.3 Å². The molecule has 0 unspecified atom stereocenters. The molecule has 2 aromatic carbocycles. The van der Waals surface area contributed by atoms with Crippen molar-refractivity contribution in [3.8, 4) is 11.5 Å². The highest BCUT2D eigenvalue weighted by molar-refractivity contribution is 5.95. The first kappa shape index (κ1) is 20.3. The first-order valence-corrected chi connectivity index (χ1v) is 9.44. The second kappa shape index (κ2) is 9.64. The Morgan fingerprint density at radius 3 is 2.34 bits per heavy atom. The molecule has 0 saturated carbocycles. The van der Waals surface area contributed by atoms with Crippen LogP contribution in [0.4, 0.5) is 4.79 Å². The van der Waals surface area contributed by atoms with Gasteiger partial charge >= 0.3 is 12.0 Å². The summed E-state index contributed by atoms with van der Waals surface area (Å²) >= 11 is 0. The average Bonchev–Trinajstić information content (AvgIpc) is 2.72. The van der Waals surface area contributed by atoms with Crippen LogP contribution in [0.5, 0.6) is 11.5 Å². The fraction of sp³-hybridized carbons (Fsp3) is 0.273. The van der Waals surface area contributed by atoms with Crippen LogP contribution >= 0.6 is 0 Å². The first-order chi connectivity index (χ1) is 14.1. The zero-order chi connectivity index (χ0) is 20.6. The number of hydrogen-bond acceptors (Lipinski definition) is 5. The predicted molar refractivity (Wildman–Crippen MR) is 108 cm³/mol. The molecular weight excluding hydrogens is 372 g/mol. The molecule has 152 valence electrons. The number of benzene rings is 2. The lowest BCUT2D eigenvalue weighted by Crippen LogP contribution is -2.45. The molecule has 7 heteroatoms. The van der Waals surface area contributed by atoms with Crippen molar-refractivity contribution in [3.63, 3.8) is 0 Å². The van der Waals surface area contributed by atoms with E-state index in [4.69, 9.17) is 14.2 Å². The summed E-state index contributed by atoms with van der Waals surface area (Å²) in [5, 5.41) is 5.41. The summed E-state index contributed by atoms with van der Waals surface area (Å²) in [6.45, 7) is 4.47. The zero-order valence-corrected chi connectivity index (χ0v) is 16.4. The molecule has 2 amide bonds. The van der Waals surface area contributed by atoms with Crippen LogP contribution < -0.4 is 20.1 Å². The van der Waals surface area contributed by atoms with Gasteiger partial charge in [-0.1, -0.05) is 30.3 Å². The SMILES string of the molecule is CCOc1ccc([C@@H]2NC(=O)NC(C)=C2C(=O)OCCOc2ccccc2)cc1. The van der Waals surface area contributed by atoms with Crippen molar-refractivity contribution in [2.45, 2.75) is 19.9 Å². The predicted octanol–water partition coefficient (Wildman–Crippen LogP) is 3.34. The fourth-order valence-electron chi connectivity index (χ4n) is 3.03. The van der Waals surface area contributed by atoms with E-state index in [1.807, 2.05) is 49.4 Å². The lowest BCUT2D eigenvalue weighted by Gasteiger charge is -2.28. The van der Waals surface area contributed by atoms with Crippen LogP contribution in [0.3, 0.4) is 0 Å². The topological polar surface area (TPSA) is 85.9 Å². The third-order valence-electron chi connectivity index (χ3n) is 4.34. The highest BCUT2D eigenvalue weighted by Gasteiger charge is 2.32. The molecule has 0 saturated heterocycles. The van der Waals surface area contributed by atoms with Crippen molar-refractivity contribution >= 4 is 12.0 Å². The van der Waals surface area contributed by atoms with E-state index in [9.17, 15) is 9.59 Å². The summed E-state index contributed by atoms with van der Waals surface area (Å²) in [6, 6.07) is 15.6. The van der Waals surface area contributed by atoms with E-state index in [2.05, 4.69) is 10.6 Å². The molecule has 7 nitrogen and oxygen atoms in total. The van der Waals surface area contributed by atoms with Crippen molar-refractivity contribution in [1.82, 2.24) is 10.6 Å². The van der Waals surface area contributed by atoms with E-state index < -0.39 is 12.0 Å². The summed E-state index contributed by atoms with van der Waals surface area (Å²) in [6.07, 6.45) is 0. The van der Waals surface area contributed by atoms with E-state index in [1.165, 1.54) is 0 Å². The van der Waals surface area contributed by atoms with E-state index >= 15 is 0 Å². The second-order valence-corrected chi connectivity index (χ2v) is 6.37. The van der Waals surface area contributed by atoms with E-state index in [1.54, 1.807) is 19.1 Å². The zero-order valence-electron chi connectivity index (χ0n) is 16.4. The minimum Gasteiger partial charge on any atom is -0.494 e. The van der Waals surface area contributed by atoms with Gasteiger partial charge < -0.3 is 24.8 Å². The van der Waals surface area contributed by atoms with Crippen LogP contribution in [0, 0.1) is 0 Å². The van der Waals surface area contributed by atoms with Gasteiger partial charge in [0.1, 0.15) is 24.7 Å². The molecule has 0 aromatic heterocycles. The molecule has 0 bridgehead atoms. The van der Waals surface area contributed by atoms with Crippen molar-refractivity contribution in [3.05, 3.63) is 71.4 Å². The number of carbonyl (C=O) groups excluding carboxylic acids is 2. The smallest absolute Gasteiger partial charge is 0.338 e. The van der Waals surface area contributed by atoms with Gasteiger partial charge in [-0.25, -0.2) is 9.59 Å². The molecule has 0 fully saturated rings. The average molecular weight is 396 g/mol. The summed E-state index contributed by atoms with van der Waals surface area (Å²) in [5.41, 5.74) is 1.57. The standard InChI is InChI=1S/C22H24N2O5/c1-3-27-18-11-9-16(10-12-18)20-19(15(2)23-22(26)24-20)21(25)29-14-13-28-17-7-5-4-6-8-17/h4-12,20H,3,13-14H2,1-2H3,(H2,23,24,26)/t20-/m0/s1. The van der Waals surface area contributed by atoms with Gasteiger partial charge in [0.25, 0.3) is 0 Å². The van der Waals surface area contributed by atoms with Crippen molar-refractivity contribution in [2.75, 3.05) is 19.8 Å². The maximum Gasteiger partial charge on any atom is 0.338 e. The molecule has 2 N–H and O–H groups in total. The molecule has 2 aromatic rings. The molecule has 1 atom stereocenters. The molecule has 0 radical (unpaired) electrons. The lowest BCUT2D eigenvalue weighted by atomic mass is 9.95. The molecule has 0 spiro atoms. The van der Waals surface area contributed by atoms with E-state index in [-0.39, 0.29) is 19.2 Å². The second-order valence-electron chi connectivity index (χ2n) is 6.37. The van der Waals surface area contributed by atoms with Gasteiger partial charge in [-0.15, -0.1) is 0 Å². The minimum atomic E-state index is -0.609. The van der Waals surface area contributed by atoms with Crippen molar-refractivity contribution in [2.24, 2.45) is 0 Å². The number of ether oxygens (including phenoxy) is 3. The molecule has 1 aliphatic rings. The number of para-hydroxylation sites is 1. The molecule has 1 aliphatic heterocycles. The number of esters is 1. The summed E-state index contributed by atoms with van der Waals surface area (Å²) < 4.78 is 16.4. The van der Waals surface area contributed by atoms with Crippen LogP contribution in [0.15, 0.2) is 65.9 Å². The summed E-state index contributed by atoms with van der Waals surface area (Å²) in [7, 11) is 0. The molecule has 3 rings (SSSR count). The van der Waals surface area contributed by atoms with Gasteiger partial charge in [-0.2, -0.15) is 0 Å². The van der Waals surface area contributed by atoms with Gasteiger partial charge in [0.15, 0.2) is 0 Å². The molecule has 29 heavy (non-hydrogen) atoms. The summed E-state index contributed by atoms with van der Waals surface area (Å²) in [5.74, 6) is 0.919. The number of allylic oxidation sites excluding steroid dienone is 1. The third-order valence-corrected chi connectivity index (χ3v) is 4.34. The minimum absolute atomic E-state index is 0.0917. The number of carbonyl (C=O) groups is 2. The Morgan fingerprint density at radius 2 is 1.66 bits per heavy atom. The Hall–Kier alpha value is -3.48. The number of hydrogen-bond donors (Lipinski definition) is 2. The maximum absolute atomic E-state index is 12.7. The molecule has 1 heterocycles. The third kappa shape index (κ3) is 5.28. The Morgan fingerprint density at radius 1 is 0.966 bits per heavy atom. The Bertz CT molecular complexity index is 878. The Kier molecular flexibility index (Phi) is 6.73. The molecular formula is C22H24N2O5. The molecule has 0 aliphatic carbocycles. The largest absolute Gasteiger partial charge is 0.494 e. The number of rotatable bonds is 8. The normalized spacial score (nSPS) is 15.9. The Balaban J connectivity index is 1.67. The van der Waals surface area contributed by atoms with Crippen LogP contribution in [0.2, 0.25) is 0 Å². The van der Waals surface area contributed by atoms with Crippen molar-refractivity contribution < 1.29 is 23.8 Å². The van der Waals surface area contributed by atoms with Gasteiger partial charge in [-0.05, 0) is 43.7 Å². The Labute approximate surface area is 169 Å². The maximum atomic E-state index is 12.7. The number of amides is 2. The number of nitrogens with one attached hydrogen (secondary N) is 2. The lowest BCUT2D eigenvalue weighted by molar-refractivity contribution is -0.140. The highest BCUT2D eigenvalue weighted by Crippen LogP contribution is 2.28. The van der Waals surface area contributed by atoms with Gasteiger partial charge in [0.05, 0.1) is 18.2 Å². The van der Waals surface area contributed by atoms with Crippen LogP contribution in [0.1, 0.15) is 25.5 Å². The van der Waals surface area contributed by atoms with Crippen LogP contribution in [-0.4, -0.2) is 31.8 Å². The van der Waals surface area contributed by atoms with Gasteiger partial charge in [0, 0.05) is 5.70 Å². The van der Waals surface area contributed by atoms with Crippen LogP contribution in [0.25, 0.3) is 0 Å². The van der Waals surface area contributed by atoms with E-state index in [0.29, 0.717) is 23.6 Å². The first-order valence-electron chi connectivity index (χ1n) is 9.44. The number of urea groups is 1. The fourth-order valence-corrected chi connectivity index (χ4v) is 3.03. The van der Waals surface area contributed by atoms with Gasteiger partial charge in [-0.3, -0.25) is 0 Å².